The van der Waals surface area contributed by atoms with Gasteiger partial charge in [0.15, 0.2) is 0 Å². The van der Waals surface area contributed by atoms with E-state index in [0.717, 1.165) is 5.56 Å². The zero-order valence-electron chi connectivity index (χ0n) is 8.77. The Balaban J connectivity index is 2.24. The molecule has 1 aromatic carbocycles. The predicted molar refractivity (Wildman–Crippen MR) is 59.1 cm³/mol. The number of hydrogen-bond acceptors (Lipinski definition) is 3. The van der Waals surface area contributed by atoms with E-state index in [1.807, 2.05) is 18.2 Å². The summed E-state index contributed by atoms with van der Waals surface area (Å²) in [6, 6.07) is 7.19. The lowest BCUT2D eigenvalue weighted by atomic mass is 9.97. The molecule has 1 saturated heterocycles. The van der Waals surface area contributed by atoms with Gasteiger partial charge in [0.1, 0.15) is 17.8 Å². The van der Waals surface area contributed by atoms with E-state index in [1.54, 1.807) is 6.07 Å². The SMILES string of the molecule is CC(=O)C1CC(c2ccccc2Cl)OC1=O. The Morgan fingerprint density at radius 3 is 2.69 bits per heavy atom. The van der Waals surface area contributed by atoms with Gasteiger partial charge in [-0.3, -0.25) is 9.59 Å². The second-order valence-corrected chi connectivity index (χ2v) is 4.25. The topological polar surface area (TPSA) is 43.4 Å². The first-order valence-electron chi connectivity index (χ1n) is 5.05. The molecule has 1 fully saturated rings. The number of benzene rings is 1. The lowest BCUT2D eigenvalue weighted by molar-refractivity contribution is -0.146. The number of hydrogen-bond donors (Lipinski definition) is 0. The maximum Gasteiger partial charge on any atom is 0.317 e. The van der Waals surface area contributed by atoms with Crippen molar-refractivity contribution >= 4 is 23.4 Å². The number of carbonyl (C=O) groups is 2. The Kier molecular flexibility index (Phi) is 2.97. The summed E-state index contributed by atoms with van der Waals surface area (Å²) in [5, 5.41) is 0.560. The van der Waals surface area contributed by atoms with Gasteiger partial charge in [-0.05, 0) is 13.0 Å². The van der Waals surface area contributed by atoms with E-state index >= 15 is 0 Å². The van der Waals surface area contributed by atoms with Crippen molar-refractivity contribution in [3.8, 4) is 0 Å². The molecule has 0 saturated carbocycles. The third-order valence-electron chi connectivity index (χ3n) is 2.74. The van der Waals surface area contributed by atoms with Crippen molar-refractivity contribution in [1.82, 2.24) is 0 Å². The van der Waals surface area contributed by atoms with Crippen LogP contribution in [0.1, 0.15) is 25.0 Å². The Morgan fingerprint density at radius 2 is 2.12 bits per heavy atom. The molecule has 1 aromatic rings. The molecule has 2 rings (SSSR count). The summed E-state index contributed by atoms with van der Waals surface area (Å²) in [5.41, 5.74) is 0.765. The molecule has 0 radical (unpaired) electrons. The Hall–Kier alpha value is -1.35. The van der Waals surface area contributed by atoms with E-state index < -0.39 is 18.0 Å². The molecular weight excluding hydrogens is 228 g/mol. The van der Waals surface area contributed by atoms with Gasteiger partial charge in [-0.1, -0.05) is 29.8 Å². The van der Waals surface area contributed by atoms with Gasteiger partial charge in [0.25, 0.3) is 0 Å². The number of esters is 1. The molecule has 16 heavy (non-hydrogen) atoms. The van der Waals surface area contributed by atoms with Crippen LogP contribution < -0.4 is 0 Å². The lowest BCUT2D eigenvalue weighted by Crippen LogP contribution is -2.15. The smallest absolute Gasteiger partial charge is 0.317 e. The Labute approximate surface area is 98.4 Å². The minimum Gasteiger partial charge on any atom is -0.457 e. The van der Waals surface area contributed by atoms with Crippen molar-refractivity contribution < 1.29 is 14.3 Å². The first kappa shape index (κ1) is 11.1. The second kappa shape index (κ2) is 4.26. The second-order valence-electron chi connectivity index (χ2n) is 3.85. The normalized spacial score (nSPS) is 24.2. The van der Waals surface area contributed by atoms with E-state index in [-0.39, 0.29) is 5.78 Å². The van der Waals surface area contributed by atoms with Crippen LogP contribution >= 0.6 is 11.6 Å². The van der Waals surface area contributed by atoms with Crippen LogP contribution in [0.5, 0.6) is 0 Å². The molecule has 0 aliphatic carbocycles. The minimum absolute atomic E-state index is 0.153. The molecule has 4 heteroatoms. The third-order valence-corrected chi connectivity index (χ3v) is 3.08. The molecule has 0 aromatic heterocycles. The average molecular weight is 239 g/mol. The predicted octanol–water partition coefficient (Wildman–Crippen LogP) is 2.53. The van der Waals surface area contributed by atoms with Crippen LogP contribution in [0, 0.1) is 5.92 Å². The zero-order chi connectivity index (χ0) is 11.7. The molecule has 0 spiro atoms. The maximum atomic E-state index is 11.4. The van der Waals surface area contributed by atoms with E-state index in [1.165, 1.54) is 6.92 Å². The summed E-state index contributed by atoms with van der Waals surface area (Å²) in [6.07, 6.45) is -0.00662. The number of carbonyl (C=O) groups excluding carboxylic acids is 2. The quantitative estimate of drug-likeness (QED) is 0.587. The molecule has 2 unspecified atom stereocenters. The number of ether oxygens (including phenoxy) is 1. The van der Waals surface area contributed by atoms with Gasteiger partial charge in [-0.15, -0.1) is 0 Å². The van der Waals surface area contributed by atoms with Crippen LogP contribution in [0.3, 0.4) is 0 Å². The highest BCUT2D eigenvalue weighted by Crippen LogP contribution is 2.36. The standard InChI is InChI=1S/C12H11ClO3/c1-7(14)9-6-11(16-12(9)15)8-4-2-3-5-10(8)13/h2-5,9,11H,6H2,1H3. The molecule has 3 nitrogen and oxygen atoms in total. The molecule has 2 atom stereocenters. The fourth-order valence-electron chi connectivity index (χ4n) is 1.84. The summed E-state index contributed by atoms with van der Waals surface area (Å²) in [6.45, 7) is 1.40. The monoisotopic (exact) mass is 238 g/mol. The molecule has 1 heterocycles. The Morgan fingerprint density at radius 1 is 1.44 bits per heavy atom. The van der Waals surface area contributed by atoms with E-state index in [0.29, 0.717) is 11.4 Å². The highest BCUT2D eigenvalue weighted by Gasteiger charge is 2.38. The number of rotatable bonds is 2. The van der Waals surface area contributed by atoms with Crippen LogP contribution in [0.2, 0.25) is 5.02 Å². The van der Waals surface area contributed by atoms with Crippen LogP contribution in [0.25, 0.3) is 0 Å². The Bertz CT molecular complexity index is 442. The fraction of sp³-hybridized carbons (Fsp3) is 0.333. The molecule has 84 valence electrons. The van der Waals surface area contributed by atoms with E-state index in [2.05, 4.69) is 0 Å². The van der Waals surface area contributed by atoms with Crippen molar-refractivity contribution in [2.45, 2.75) is 19.4 Å². The fourth-order valence-corrected chi connectivity index (χ4v) is 2.10. The van der Waals surface area contributed by atoms with Crippen LogP contribution in [0.15, 0.2) is 24.3 Å². The zero-order valence-corrected chi connectivity index (χ0v) is 9.53. The van der Waals surface area contributed by atoms with Crippen molar-refractivity contribution in [2.75, 3.05) is 0 Å². The summed E-state index contributed by atoms with van der Waals surface area (Å²) in [5.74, 6) is -1.24. The summed E-state index contributed by atoms with van der Waals surface area (Å²) < 4.78 is 5.16. The molecular formula is C12H11ClO3. The van der Waals surface area contributed by atoms with Crippen molar-refractivity contribution in [3.63, 3.8) is 0 Å². The molecule has 1 aliphatic heterocycles. The molecule has 0 N–H and O–H groups in total. The van der Waals surface area contributed by atoms with Crippen molar-refractivity contribution in [3.05, 3.63) is 34.9 Å². The average Bonchev–Trinajstić information content (AvgIpc) is 2.61. The highest BCUT2D eigenvalue weighted by atomic mass is 35.5. The molecule has 0 amide bonds. The number of ketones is 1. The highest BCUT2D eigenvalue weighted by molar-refractivity contribution is 6.31. The van der Waals surface area contributed by atoms with Gasteiger partial charge in [-0.25, -0.2) is 0 Å². The van der Waals surface area contributed by atoms with E-state index in [9.17, 15) is 9.59 Å². The van der Waals surface area contributed by atoms with E-state index in [4.69, 9.17) is 16.3 Å². The van der Waals surface area contributed by atoms with Crippen LogP contribution in [-0.4, -0.2) is 11.8 Å². The lowest BCUT2D eigenvalue weighted by Gasteiger charge is -2.10. The third kappa shape index (κ3) is 1.95. The largest absolute Gasteiger partial charge is 0.457 e. The van der Waals surface area contributed by atoms with Crippen LogP contribution in [-0.2, 0) is 14.3 Å². The summed E-state index contributed by atoms with van der Waals surface area (Å²) >= 11 is 6.00. The molecule has 0 bridgehead atoms. The number of Topliss-reactive ketones (excluding diaryl/α,β-unsaturated/α-hetero) is 1. The first-order chi connectivity index (χ1) is 7.59. The molecule has 1 aliphatic rings. The van der Waals surface area contributed by atoms with Gasteiger partial charge in [0.05, 0.1) is 0 Å². The van der Waals surface area contributed by atoms with Gasteiger partial charge in [0, 0.05) is 17.0 Å². The summed E-state index contributed by atoms with van der Waals surface area (Å²) in [7, 11) is 0. The van der Waals surface area contributed by atoms with Crippen LogP contribution in [0.4, 0.5) is 0 Å². The maximum absolute atomic E-state index is 11.4. The number of cyclic esters (lactones) is 1. The van der Waals surface area contributed by atoms with Gasteiger partial charge >= 0.3 is 5.97 Å². The summed E-state index contributed by atoms with van der Waals surface area (Å²) in [4.78, 5) is 22.6. The number of halogens is 1. The van der Waals surface area contributed by atoms with Gasteiger partial charge in [-0.2, -0.15) is 0 Å². The van der Waals surface area contributed by atoms with Crippen molar-refractivity contribution in [2.24, 2.45) is 5.92 Å². The minimum atomic E-state index is -0.638. The van der Waals surface area contributed by atoms with Gasteiger partial charge < -0.3 is 4.74 Å². The van der Waals surface area contributed by atoms with Gasteiger partial charge in [0.2, 0.25) is 0 Å². The first-order valence-corrected chi connectivity index (χ1v) is 5.42. The van der Waals surface area contributed by atoms with Crippen molar-refractivity contribution in [1.29, 1.82) is 0 Å².